The molecule has 0 radical (unpaired) electrons. The Morgan fingerprint density at radius 3 is 2.73 bits per heavy atom. The van der Waals surface area contributed by atoms with Gasteiger partial charge in [-0.3, -0.25) is 0 Å². The number of rotatable bonds is 4. The van der Waals surface area contributed by atoms with Gasteiger partial charge in [-0.15, -0.1) is 0 Å². The zero-order valence-electron chi connectivity index (χ0n) is 14.2. The van der Waals surface area contributed by atoms with Gasteiger partial charge in [-0.2, -0.15) is 0 Å². The Morgan fingerprint density at radius 2 is 2.04 bits per heavy atom. The number of anilines is 2. The van der Waals surface area contributed by atoms with Crippen LogP contribution in [0, 0.1) is 0 Å². The number of hydrogen-bond acceptors (Lipinski definition) is 7. The van der Waals surface area contributed by atoms with Crippen LogP contribution in [0.3, 0.4) is 0 Å². The summed E-state index contributed by atoms with van der Waals surface area (Å²) in [6.07, 6.45) is 2.38. The molecule has 1 aromatic carbocycles. The summed E-state index contributed by atoms with van der Waals surface area (Å²) in [6, 6.07) is 8.19. The molecule has 0 bridgehead atoms. The van der Waals surface area contributed by atoms with Crippen LogP contribution < -0.4 is 10.6 Å². The third-order valence-electron chi connectivity index (χ3n) is 4.65. The van der Waals surface area contributed by atoms with Gasteiger partial charge in [-0.05, 0) is 18.6 Å². The van der Waals surface area contributed by atoms with E-state index in [4.69, 9.17) is 10.5 Å². The SMILES string of the molecule is COC1CCN(c2ncnc3c(S(=O)(=O)c4ccccc4)c(N)[nH]c23)C1. The summed E-state index contributed by atoms with van der Waals surface area (Å²) < 4.78 is 31.5. The minimum absolute atomic E-state index is 0.00941. The van der Waals surface area contributed by atoms with Crippen molar-refractivity contribution in [1.82, 2.24) is 15.0 Å². The number of aromatic amines is 1. The van der Waals surface area contributed by atoms with E-state index in [2.05, 4.69) is 15.0 Å². The first-order valence-electron chi connectivity index (χ1n) is 8.22. The van der Waals surface area contributed by atoms with Crippen LogP contribution in [0.5, 0.6) is 0 Å². The first-order valence-corrected chi connectivity index (χ1v) is 9.70. The van der Waals surface area contributed by atoms with Crippen molar-refractivity contribution in [1.29, 1.82) is 0 Å². The van der Waals surface area contributed by atoms with Gasteiger partial charge in [0.05, 0.1) is 11.0 Å². The van der Waals surface area contributed by atoms with E-state index in [1.54, 1.807) is 37.4 Å². The Bertz CT molecular complexity index is 1050. The first-order chi connectivity index (χ1) is 12.5. The number of aromatic nitrogens is 3. The fourth-order valence-corrected chi connectivity index (χ4v) is 4.83. The number of nitrogens with two attached hydrogens (primary N) is 1. The predicted molar refractivity (Wildman–Crippen MR) is 97.8 cm³/mol. The van der Waals surface area contributed by atoms with Gasteiger partial charge in [0.25, 0.3) is 0 Å². The number of nitrogen functional groups attached to an aromatic ring is 1. The molecule has 3 aromatic rings. The molecular weight excluding hydrogens is 354 g/mol. The summed E-state index contributed by atoms with van der Waals surface area (Å²) in [5.41, 5.74) is 6.88. The summed E-state index contributed by atoms with van der Waals surface area (Å²) in [6.45, 7) is 1.45. The van der Waals surface area contributed by atoms with Crippen molar-refractivity contribution in [3.8, 4) is 0 Å². The van der Waals surface area contributed by atoms with Crippen molar-refractivity contribution in [2.45, 2.75) is 22.3 Å². The minimum Gasteiger partial charge on any atom is -0.384 e. The van der Waals surface area contributed by atoms with Gasteiger partial charge in [0, 0.05) is 20.2 Å². The van der Waals surface area contributed by atoms with E-state index in [9.17, 15) is 8.42 Å². The maximum atomic E-state index is 13.1. The summed E-state index contributed by atoms with van der Waals surface area (Å²) >= 11 is 0. The molecule has 2 aromatic heterocycles. The Hall–Kier alpha value is -2.65. The van der Waals surface area contributed by atoms with Crippen LogP contribution in [0.4, 0.5) is 11.6 Å². The average Bonchev–Trinajstić information content (AvgIpc) is 3.25. The molecule has 1 unspecified atom stereocenters. The maximum absolute atomic E-state index is 13.1. The van der Waals surface area contributed by atoms with Crippen molar-refractivity contribution >= 4 is 32.5 Å². The molecule has 3 N–H and O–H groups in total. The third-order valence-corrected chi connectivity index (χ3v) is 6.49. The van der Waals surface area contributed by atoms with E-state index < -0.39 is 9.84 Å². The number of sulfone groups is 1. The number of fused-ring (bicyclic) bond motifs is 1. The smallest absolute Gasteiger partial charge is 0.212 e. The molecule has 26 heavy (non-hydrogen) atoms. The Labute approximate surface area is 150 Å². The first kappa shape index (κ1) is 16.8. The van der Waals surface area contributed by atoms with Gasteiger partial charge in [0.1, 0.15) is 28.1 Å². The molecule has 1 aliphatic rings. The molecule has 3 heterocycles. The van der Waals surface area contributed by atoms with Gasteiger partial charge < -0.3 is 20.4 Å². The normalized spacial score (nSPS) is 17.9. The van der Waals surface area contributed by atoms with Crippen LogP contribution in [-0.2, 0) is 14.6 Å². The van der Waals surface area contributed by atoms with Gasteiger partial charge in [-0.25, -0.2) is 18.4 Å². The molecule has 1 aliphatic heterocycles. The maximum Gasteiger partial charge on any atom is 0.212 e. The van der Waals surface area contributed by atoms with E-state index in [-0.39, 0.29) is 21.7 Å². The van der Waals surface area contributed by atoms with Gasteiger partial charge in [0.15, 0.2) is 5.82 Å². The Kier molecular flexibility index (Phi) is 4.04. The zero-order chi connectivity index (χ0) is 18.3. The van der Waals surface area contributed by atoms with Crippen LogP contribution in [0.25, 0.3) is 11.0 Å². The highest BCUT2D eigenvalue weighted by Crippen LogP contribution is 2.35. The van der Waals surface area contributed by atoms with Crippen LogP contribution in [0.1, 0.15) is 6.42 Å². The number of nitrogens with one attached hydrogen (secondary N) is 1. The number of ether oxygens (including phenoxy) is 1. The van der Waals surface area contributed by atoms with E-state index in [1.807, 2.05) is 4.90 Å². The summed E-state index contributed by atoms with van der Waals surface area (Å²) in [7, 11) is -2.12. The quantitative estimate of drug-likeness (QED) is 0.714. The molecule has 1 fully saturated rings. The Morgan fingerprint density at radius 1 is 1.27 bits per heavy atom. The highest BCUT2D eigenvalue weighted by Gasteiger charge is 2.30. The van der Waals surface area contributed by atoms with E-state index in [0.29, 0.717) is 23.4 Å². The fraction of sp³-hybridized carbons (Fsp3) is 0.294. The lowest BCUT2D eigenvalue weighted by atomic mass is 10.3. The van der Waals surface area contributed by atoms with Crippen molar-refractivity contribution in [2.24, 2.45) is 0 Å². The summed E-state index contributed by atoms with van der Waals surface area (Å²) in [5.74, 6) is 0.698. The summed E-state index contributed by atoms with van der Waals surface area (Å²) in [4.78, 5) is 13.7. The molecule has 1 saturated heterocycles. The highest BCUT2D eigenvalue weighted by molar-refractivity contribution is 7.92. The minimum atomic E-state index is -3.80. The topological polar surface area (TPSA) is 114 Å². The Balaban J connectivity index is 1.86. The molecule has 0 amide bonds. The van der Waals surface area contributed by atoms with Crippen molar-refractivity contribution in [3.05, 3.63) is 36.7 Å². The van der Waals surface area contributed by atoms with Gasteiger partial charge in [-0.1, -0.05) is 18.2 Å². The van der Waals surface area contributed by atoms with Crippen molar-refractivity contribution in [2.75, 3.05) is 30.8 Å². The van der Waals surface area contributed by atoms with Crippen molar-refractivity contribution in [3.63, 3.8) is 0 Å². The van der Waals surface area contributed by atoms with Crippen LogP contribution in [0.2, 0.25) is 0 Å². The molecule has 136 valence electrons. The second kappa shape index (κ2) is 6.26. The van der Waals surface area contributed by atoms with E-state index >= 15 is 0 Å². The number of benzene rings is 1. The monoisotopic (exact) mass is 373 g/mol. The molecule has 0 aliphatic carbocycles. The second-order valence-corrected chi connectivity index (χ2v) is 8.08. The third kappa shape index (κ3) is 2.60. The van der Waals surface area contributed by atoms with E-state index in [0.717, 1.165) is 13.0 Å². The molecule has 8 nitrogen and oxygen atoms in total. The second-order valence-electron chi connectivity index (χ2n) is 6.20. The molecule has 4 rings (SSSR count). The standard InChI is InChI=1S/C17H19N5O3S/c1-25-11-7-8-22(9-11)17-14-13(19-10-20-17)15(16(18)21-14)26(23,24)12-5-3-2-4-6-12/h2-6,10-11,21H,7-9,18H2,1H3. The van der Waals surface area contributed by atoms with Crippen LogP contribution in [-0.4, -0.2) is 49.7 Å². The highest BCUT2D eigenvalue weighted by atomic mass is 32.2. The lowest BCUT2D eigenvalue weighted by Gasteiger charge is -2.17. The molecule has 0 saturated carbocycles. The van der Waals surface area contributed by atoms with Crippen molar-refractivity contribution < 1.29 is 13.2 Å². The number of methoxy groups -OCH3 is 1. The zero-order valence-corrected chi connectivity index (χ0v) is 15.0. The summed E-state index contributed by atoms with van der Waals surface area (Å²) in [5, 5.41) is 0. The van der Waals surface area contributed by atoms with Gasteiger partial charge >= 0.3 is 0 Å². The molecule has 1 atom stereocenters. The van der Waals surface area contributed by atoms with Gasteiger partial charge in [0.2, 0.25) is 9.84 Å². The lowest BCUT2D eigenvalue weighted by Crippen LogP contribution is -2.23. The van der Waals surface area contributed by atoms with Crippen LogP contribution >= 0.6 is 0 Å². The largest absolute Gasteiger partial charge is 0.384 e. The molecule has 0 spiro atoms. The van der Waals surface area contributed by atoms with Crippen LogP contribution in [0.15, 0.2) is 46.5 Å². The molecular formula is C17H19N5O3S. The predicted octanol–water partition coefficient (Wildman–Crippen LogP) is 1.60. The number of nitrogens with zero attached hydrogens (tertiary/aromatic N) is 3. The van der Waals surface area contributed by atoms with E-state index in [1.165, 1.54) is 6.33 Å². The fourth-order valence-electron chi connectivity index (χ4n) is 3.32. The lowest BCUT2D eigenvalue weighted by molar-refractivity contribution is 0.121. The number of hydrogen-bond donors (Lipinski definition) is 2. The molecule has 9 heteroatoms. The average molecular weight is 373 g/mol. The number of H-pyrrole nitrogens is 1.